The van der Waals surface area contributed by atoms with E-state index in [1.165, 1.54) is 22.3 Å². The van der Waals surface area contributed by atoms with E-state index in [1.54, 1.807) is 43.7 Å². The average Bonchev–Trinajstić information content (AvgIpc) is 3.61. The van der Waals surface area contributed by atoms with E-state index >= 15 is 0 Å². The molecule has 1 aromatic carbocycles. The number of rotatable bonds is 7. The SMILES string of the molecule is Cc1ccc(-c2ccc(C=Nc3sc4c(c3C(=O)NCc3ccco3)CCCC4)o2)c([N+](=O)[O-])c1. The molecule has 0 spiro atoms. The lowest BCUT2D eigenvalue weighted by molar-refractivity contribution is -0.384. The third-order valence-electron chi connectivity index (χ3n) is 5.93. The van der Waals surface area contributed by atoms with Crippen molar-refractivity contribution >= 4 is 34.1 Å². The quantitative estimate of drug-likeness (QED) is 0.184. The molecule has 0 saturated heterocycles. The summed E-state index contributed by atoms with van der Waals surface area (Å²) in [6.45, 7) is 2.11. The zero-order chi connectivity index (χ0) is 24.4. The first-order valence-corrected chi connectivity index (χ1v) is 12.2. The van der Waals surface area contributed by atoms with Crippen molar-refractivity contribution in [1.29, 1.82) is 0 Å². The van der Waals surface area contributed by atoms with Crippen molar-refractivity contribution in [2.75, 3.05) is 0 Å². The number of benzene rings is 1. The average molecular weight is 490 g/mol. The van der Waals surface area contributed by atoms with Crippen LogP contribution in [-0.4, -0.2) is 17.0 Å². The van der Waals surface area contributed by atoms with Crippen LogP contribution in [0.15, 0.2) is 62.6 Å². The molecule has 3 heterocycles. The summed E-state index contributed by atoms with van der Waals surface area (Å²) in [5, 5.41) is 15.1. The van der Waals surface area contributed by atoms with Crippen molar-refractivity contribution < 1.29 is 18.6 Å². The zero-order valence-corrected chi connectivity index (χ0v) is 19.9. The Morgan fingerprint density at radius 2 is 2.09 bits per heavy atom. The summed E-state index contributed by atoms with van der Waals surface area (Å²) in [5.41, 5.74) is 2.87. The van der Waals surface area contributed by atoms with E-state index in [1.807, 2.05) is 12.1 Å². The summed E-state index contributed by atoms with van der Waals surface area (Å²) >= 11 is 1.53. The number of carbonyl (C=O) groups is 1. The van der Waals surface area contributed by atoms with Crippen molar-refractivity contribution in [1.82, 2.24) is 5.32 Å². The molecular weight excluding hydrogens is 466 g/mol. The first-order valence-electron chi connectivity index (χ1n) is 11.3. The van der Waals surface area contributed by atoms with Crippen LogP contribution < -0.4 is 5.32 Å². The molecule has 178 valence electrons. The number of nitro benzene ring substituents is 1. The summed E-state index contributed by atoms with van der Waals surface area (Å²) in [5.74, 6) is 1.34. The number of carbonyl (C=O) groups excluding carboxylic acids is 1. The monoisotopic (exact) mass is 489 g/mol. The van der Waals surface area contributed by atoms with E-state index in [9.17, 15) is 14.9 Å². The predicted molar refractivity (Wildman–Crippen MR) is 134 cm³/mol. The molecule has 0 bridgehead atoms. The van der Waals surface area contributed by atoms with Crippen LogP contribution in [0.3, 0.4) is 0 Å². The Bertz CT molecular complexity index is 1410. The van der Waals surface area contributed by atoms with Gasteiger partial charge in [0.15, 0.2) is 0 Å². The minimum absolute atomic E-state index is 0.00992. The number of nitro groups is 1. The second-order valence-electron chi connectivity index (χ2n) is 8.39. The highest BCUT2D eigenvalue weighted by molar-refractivity contribution is 7.16. The Morgan fingerprint density at radius 3 is 2.89 bits per heavy atom. The van der Waals surface area contributed by atoms with E-state index in [-0.39, 0.29) is 11.6 Å². The molecule has 1 amide bonds. The topological polar surface area (TPSA) is 111 Å². The summed E-state index contributed by atoms with van der Waals surface area (Å²) in [6.07, 6.45) is 7.07. The molecular formula is C26H23N3O5S. The van der Waals surface area contributed by atoms with Gasteiger partial charge in [-0.2, -0.15) is 0 Å². The lowest BCUT2D eigenvalue weighted by Crippen LogP contribution is -2.23. The van der Waals surface area contributed by atoms with Crippen molar-refractivity contribution in [3.63, 3.8) is 0 Å². The van der Waals surface area contributed by atoms with Crippen LogP contribution in [0.4, 0.5) is 10.7 Å². The number of aliphatic imine (C=N–C) groups is 1. The van der Waals surface area contributed by atoms with Crippen LogP contribution in [-0.2, 0) is 19.4 Å². The van der Waals surface area contributed by atoms with Crippen LogP contribution in [0.25, 0.3) is 11.3 Å². The number of hydrogen-bond donors (Lipinski definition) is 1. The highest BCUT2D eigenvalue weighted by Crippen LogP contribution is 2.40. The van der Waals surface area contributed by atoms with Crippen LogP contribution in [0.2, 0.25) is 0 Å². The van der Waals surface area contributed by atoms with Crippen LogP contribution in [0.5, 0.6) is 0 Å². The molecule has 0 aliphatic heterocycles. The number of furan rings is 2. The van der Waals surface area contributed by atoms with Crippen molar-refractivity contribution in [2.24, 2.45) is 4.99 Å². The van der Waals surface area contributed by atoms with E-state index in [0.29, 0.717) is 40.0 Å². The highest BCUT2D eigenvalue weighted by Gasteiger charge is 2.25. The number of nitrogens with one attached hydrogen (secondary N) is 1. The number of fused-ring (bicyclic) bond motifs is 1. The molecule has 0 unspecified atom stereocenters. The summed E-state index contributed by atoms with van der Waals surface area (Å²) in [7, 11) is 0. The lowest BCUT2D eigenvalue weighted by Gasteiger charge is -2.12. The largest absolute Gasteiger partial charge is 0.467 e. The fourth-order valence-electron chi connectivity index (χ4n) is 4.24. The first kappa shape index (κ1) is 22.8. The van der Waals surface area contributed by atoms with Crippen LogP contribution >= 0.6 is 11.3 Å². The Balaban J connectivity index is 1.42. The maximum Gasteiger partial charge on any atom is 0.280 e. The summed E-state index contributed by atoms with van der Waals surface area (Å²) in [6, 6.07) is 12.0. The van der Waals surface area contributed by atoms with E-state index in [2.05, 4.69) is 10.3 Å². The van der Waals surface area contributed by atoms with Gasteiger partial charge in [-0.1, -0.05) is 6.07 Å². The minimum Gasteiger partial charge on any atom is -0.467 e. The molecule has 4 aromatic rings. The Labute approximate surface area is 205 Å². The number of amides is 1. The number of aryl methyl sites for hydroxylation is 2. The minimum atomic E-state index is -0.414. The third-order valence-corrected chi connectivity index (χ3v) is 7.13. The van der Waals surface area contributed by atoms with Gasteiger partial charge in [-0.05, 0) is 74.1 Å². The predicted octanol–water partition coefficient (Wildman–Crippen LogP) is 6.38. The van der Waals surface area contributed by atoms with Crippen LogP contribution in [0.1, 0.15) is 50.7 Å². The standard InChI is InChI=1S/C26H23N3O5S/c1-16-8-10-19(21(13-16)29(31)32)22-11-9-18(34-22)15-28-26-24(20-6-2-3-7-23(20)35-26)25(30)27-14-17-5-4-12-33-17/h4-5,8-13,15H,2-3,6-7,14H2,1H3,(H,27,30). The van der Waals surface area contributed by atoms with Crippen molar-refractivity contribution in [2.45, 2.75) is 39.2 Å². The fourth-order valence-corrected chi connectivity index (χ4v) is 5.47. The van der Waals surface area contributed by atoms with Gasteiger partial charge in [-0.15, -0.1) is 11.3 Å². The second kappa shape index (κ2) is 9.71. The highest BCUT2D eigenvalue weighted by atomic mass is 32.1. The van der Waals surface area contributed by atoms with Crippen molar-refractivity contribution in [3.05, 3.63) is 91.9 Å². The van der Waals surface area contributed by atoms with E-state index < -0.39 is 4.92 Å². The van der Waals surface area contributed by atoms with Gasteiger partial charge in [0.2, 0.25) is 0 Å². The van der Waals surface area contributed by atoms with Gasteiger partial charge in [0, 0.05) is 10.9 Å². The Hall–Kier alpha value is -3.98. The van der Waals surface area contributed by atoms with Gasteiger partial charge in [-0.25, -0.2) is 4.99 Å². The fraction of sp³-hybridized carbons (Fsp3) is 0.231. The smallest absolute Gasteiger partial charge is 0.280 e. The number of hydrogen-bond acceptors (Lipinski definition) is 7. The molecule has 0 saturated carbocycles. The molecule has 0 fully saturated rings. The number of thiophene rings is 1. The molecule has 5 rings (SSSR count). The maximum absolute atomic E-state index is 13.1. The Kier molecular flexibility index (Phi) is 6.33. The molecule has 0 radical (unpaired) electrons. The van der Waals surface area contributed by atoms with Crippen LogP contribution in [0, 0.1) is 17.0 Å². The molecule has 35 heavy (non-hydrogen) atoms. The zero-order valence-electron chi connectivity index (χ0n) is 19.1. The molecule has 9 heteroatoms. The van der Waals surface area contributed by atoms with Crippen molar-refractivity contribution in [3.8, 4) is 11.3 Å². The second-order valence-corrected chi connectivity index (χ2v) is 9.47. The molecule has 1 N–H and O–H groups in total. The van der Waals surface area contributed by atoms with E-state index in [4.69, 9.17) is 8.83 Å². The summed E-state index contributed by atoms with van der Waals surface area (Å²) < 4.78 is 11.2. The van der Waals surface area contributed by atoms with Gasteiger partial charge in [0.25, 0.3) is 11.6 Å². The molecule has 3 aromatic heterocycles. The third kappa shape index (κ3) is 4.81. The molecule has 1 aliphatic carbocycles. The van der Waals surface area contributed by atoms with Gasteiger partial charge in [-0.3, -0.25) is 14.9 Å². The van der Waals surface area contributed by atoms with Gasteiger partial charge >= 0.3 is 0 Å². The molecule has 1 aliphatic rings. The maximum atomic E-state index is 13.1. The number of nitrogens with zero attached hydrogens (tertiary/aromatic N) is 2. The summed E-state index contributed by atoms with van der Waals surface area (Å²) in [4.78, 5) is 30.0. The van der Waals surface area contributed by atoms with Gasteiger partial charge in [0.05, 0.1) is 35.1 Å². The normalized spacial score (nSPS) is 13.2. The molecule has 8 nitrogen and oxygen atoms in total. The van der Waals surface area contributed by atoms with Gasteiger partial charge in [0.1, 0.15) is 22.3 Å². The Morgan fingerprint density at radius 1 is 1.23 bits per heavy atom. The molecule has 0 atom stereocenters. The van der Waals surface area contributed by atoms with E-state index in [0.717, 1.165) is 36.8 Å². The first-order chi connectivity index (χ1) is 17.0. The lowest BCUT2D eigenvalue weighted by atomic mass is 9.95. The van der Waals surface area contributed by atoms with Gasteiger partial charge < -0.3 is 14.2 Å².